The van der Waals surface area contributed by atoms with Crippen LogP contribution in [0.2, 0.25) is 0 Å². The van der Waals surface area contributed by atoms with Crippen molar-refractivity contribution in [2.75, 3.05) is 0 Å². The topological polar surface area (TPSA) is 53.5 Å². The SMILES string of the molecule is c1ccc(-c2nc(-c3ccccc3)nc(-n3c4ccccc4c4c3ccc3c5ccc6c(c7ccccc7n6-c6ccccc6)c5n(-c5ccccc5)c34)n2)cc1. The Balaban J connectivity index is 1.25. The summed E-state index contributed by atoms with van der Waals surface area (Å²) in [6, 6.07) is 68.4. The van der Waals surface area contributed by atoms with E-state index in [1.807, 2.05) is 36.4 Å². The van der Waals surface area contributed by atoms with Gasteiger partial charge in [-0.2, -0.15) is 9.97 Å². The maximum absolute atomic E-state index is 5.21. The molecule has 0 radical (unpaired) electrons. The van der Waals surface area contributed by atoms with Gasteiger partial charge in [0.1, 0.15) is 0 Å². The van der Waals surface area contributed by atoms with Crippen LogP contribution in [0.4, 0.5) is 0 Å². The average molecular weight is 729 g/mol. The Bertz CT molecular complexity index is 3430. The molecule has 0 bridgehead atoms. The fourth-order valence-corrected chi connectivity index (χ4v) is 8.90. The molecule has 0 unspecified atom stereocenters. The molecule has 4 heterocycles. The minimum absolute atomic E-state index is 0.573. The number of fused-ring (bicyclic) bond motifs is 11. The van der Waals surface area contributed by atoms with E-state index in [1.165, 1.54) is 38.1 Å². The molecule has 0 saturated carbocycles. The fourth-order valence-electron chi connectivity index (χ4n) is 8.90. The first-order valence-corrected chi connectivity index (χ1v) is 19.2. The molecule has 0 amide bonds. The number of benzene rings is 8. The van der Waals surface area contributed by atoms with Crippen LogP contribution in [0.3, 0.4) is 0 Å². The van der Waals surface area contributed by atoms with E-state index in [2.05, 4.69) is 171 Å². The molecule has 12 aromatic rings. The van der Waals surface area contributed by atoms with Crippen LogP contribution in [-0.2, 0) is 0 Å². The van der Waals surface area contributed by atoms with E-state index in [4.69, 9.17) is 15.0 Å². The largest absolute Gasteiger partial charge is 0.309 e. The van der Waals surface area contributed by atoms with Crippen LogP contribution in [0.15, 0.2) is 194 Å². The van der Waals surface area contributed by atoms with Gasteiger partial charge >= 0.3 is 0 Å². The number of aromatic nitrogens is 6. The van der Waals surface area contributed by atoms with E-state index < -0.39 is 0 Å². The van der Waals surface area contributed by atoms with E-state index in [-0.39, 0.29) is 0 Å². The number of hydrogen-bond acceptors (Lipinski definition) is 3. The Kier molecular flexibility index (Phi) is 6.83. The lowest BCUT2D eigenvalue weighted by Crippen LogP contribution is -2.06. The van der Waals surface area contributed by atoms with E-state index in [0.29, 0.717) is 17.6 Å². The third-order valence-corrected chi connectivity index (χ3v) is 11.3. The summed E-state index contributed by atoms with van der Waals surface area (Å²) in [7, 11) is 0. The molecular formula is C51H32N6. The van der Waals surface area contributed by atoms with Gasteiger partial charge in [-0.1, -0.05) is 146 Å². The Labute approximate surface area is 327 Å². The second-order valence-electron chi connectivity index (χ2n) is 14.4. The van der Waals surface area contributed by atoms with Gasteiger partial charge in [0.15, 0.2) is 11.6 Å². The lowest BCUT2D eigenvalue weighted by molar-refractivity contribution is 0.953. The van der Waals surface area contributed by atoms with E-state index >= 15 is 0 Å². The molecule has 6 nitrogen and oxygen atoms in total. The van der Waals surface area contributed by atoms with Crippen LogP contribution in [0.25, 0.3) is 106 Å². The zero-order valence-electron chi connectivity index (χ0n) is 30.7. The summed E-state index contributed by atoms with van der Waals surface area (Å²) in [5, 5.41) is 7.10. The van der Waals surface area contributed by atoms with Crippen molar-refractivity contribution in [3.8, 4) is 40.1 Å². The van der Waals surface area contributed by atoms with Crippen molar-refractivity contribution >= 4 is 65.4 Å². The third kappa shape index (κ3) is 4.68. The zero-order chi connectivity index (χ0) is 37.5. The summed E-state index contributed by atoms with van der Waals surface area (Å²) in [5.74, 6) is 1.83. The quantitative estimate of drug-likeness (QED) is 0.177. The second kappa shape index (κ2) is 12.3. The molecule has 57 heavy (non-hydrogen) atoms. The number of para-hydroxylation sites is 4. The van der Waals surface area contributed by atoms with Crippen molar-refractivity contribution in [3.63, 3.8) is 0 Å². The molecular weight excluding hydrogens is 697 g/mol. The first-order chi connectivity index (χ1) is 28.3. The van der Waals surface area contributed by atoms with Gasteiger partial charge < -0.3 is 9.13 Å². The van der Waals surface area contributed by atoms with Crippen molar-refractivity contribution in [2.24, 2.45) is 0 Å². The Morgan fingerprint density at radius 3 is 1.19 bits per heavy atom. The van der Waals surface area contributed by atoms with Crippen molar-refractivity contribution < 1.29 is 0 Å². The number of nitrogens with zero attached hydrogens (tertiary/aromatic N) is 6. The smallest absolute Gasteiger partial charge is 0.238 e. The van der Waals surface area contributed by atoms with Gasteiger partial charge in [-0.3, -0.25) is 4.57 Å². The van der Waals surface area contributed by atoms with Crippen LogP contribution in [-0.4, -0.2) is 28.7 Å². The van der Waals surface area contributed by atoms with Gasteiger partial charge in [0, 0.05) is 54.8 Å². The summed E-state index contributed by atoms with van der Waals surface area (Å²) >= 11 is 0. The van der Waals surface area contributed by atoms with E-state index in [0.717, 1.165) is 49.8 Å². The molecule has 266 valence electrons. The molecule has 0 spiro atoms. The fraction of sp³-hybridized carbons (Fsp3) is 0. The van der Waals surface area contributed by atoms with Crippen molar-refractivity contribution in [2.45, 2.75) is 0 Å². The standard InChI is InChI=1S/C51H32N6/c1-5-17-33(18-6-1)49-52-50(34-19-7-2-8-20-34)54-51(53-49)57-42-28-16-14-26-40(42)46-44(57)32-30-38-37-29-31-43-45(47(37)56(48(38)46)36-23-11-4-12-24-36)39-25-13-15-27-41(39)55(43)35-21-9-3-10-22-35/h1-32H. The van der Waals surface area contributed by atoms with Gasteiger partial charge in [0.25, 0.3) is 0 Å². The van der Waals surface area contributed by atoms with Gasteiger partial charge in [0.05, 0.1) is 33.1 Å². The van der Waals surface area contributed by atoms with Crippen LogP contribution >= 0.6 is 0 Å². The van der Waals surface area contributed by atoms with Crippen molar-refractivity contribution in [3.05, 3.63) is 194 Å². The minimum atomic E-state index is 0.573. The summed E-state index contributed by atoms with van der Waals surface area (Å²) in [6.45, 7) is 0. The summed E-state index contributed by atoms with van der Waals surface area (Å²) < 4.78 is 7.11. The lowest BCUT2D eigenvalue weighted by atomic mass is 10.1. The highest BCUT2D eigenvalue weighted by molar-refractivity contribution is 6.31. The summed E-state index contributed by atoms with van der Waals surface area (Å²) in [6.07, 6.45) is 0. The van der Waals surface area contributed by atoms with Crippen LogP contribution in [0, 0.1) is 0 Å². The highest BCUT2D eigenvalue weighted by Gasteiger charge is 2.25. The molecule has 6 heteroatoms. The Morgan fingerprint density at radius 1 is 0.281 bits per heavy atom. The van der Waals surface area contributed by atoms with Crippen LogP contribution in [0.5, 0.6) is 0 Å². The molecule has 0 saturated heterocycles. The summed E-state index contributed by atoms with van der Waals surface area (Å²) in [5.41, 5.74) is 10.8. The Morgan fingerprint density at radius 2 is 0.684 bits per heavy atom. The van der Waals surface area contributed by atoms with Crippen molar-refractivity contribution in [1.82, 2.24) is 28.7 Å². The summed E-state index contributed by atoms with van der Waals surface area (Å²) in [4.78, 5) is 15.4. The molecule has 8 aromatic carbocycles. The first kappa shape index (κ1) is 31.5. The maximum Gasteiger partial charge on any atom is 0.238 e. The van der Waals surface area contributed by atoms with Gasteiger partial charge in [0.2, 0.25) is 5.95 Å². The predicted octanol–water partition coefficient (Wildman–Crippen LogP) is 12.5. The zero-order valence-corrected chi connectivity index (χ0v) is 30.7. The van der Waals surface area contributed by atoms with Gasteiger partial charge in [-0.15, -0.1) is 0 Å². The van der Waals surface area contributed by atoms with Gasteiger partial charge in [-0.05, 0) is 48.5 Å². The molecule has 0 aliphatic rings. The van der Waals surface area contributed by atoms with E-state index in [9.17, 15) is 0 Å². The average Bonchev–Trinajstić information content (AvgIpc) is 3.93. The molecule has 12 rings (SSSR count). The Hall–Kier alpha value is -7.83. The predicted molar refractivity (Wildman–Crippen MR) is 234 cm³/mol. The minimum Gasteiger partial charge on any atom is -0.309 e. The van der Waals surface area contributed by atoms with Crippen LogP contribution < -0.4 is 0 Å². The molecule has 4 aromatic heterocycles. The number of rotatable bonds is 5. The molecule has 0 fully saturated rings. The highest BCUT2D eigenvalue weighted by atomic mass is 15.2. The molecule has 0 aliphatic heterocycles. The van der Waals surface area contributed by atoms with E-state index in [1.54, 1.807) is 0 Å². The van der Waals surface area contributed by atoms with Crippen LogP contribution in [0.1, 0.15) is 0 Å². The molecule has 0 N–H and O–H groups in total. The van der Waals surface area contributed by atoms with Crippen molar-refractivity contribution in [1.29, 1.82) is 0 Å². The number of hydrogen-bond donors (Lipinski definition) is 0. The highest BCUT2D eigenvalue weighted by Crippen LogP contribution is 2.46. The second-order valence-corrected chi connectivity index (χ2v) is 14.4. The first-order valence-electron chi connectivity index (χ1n) is 19.2. The van der Waals surface area contributed by atoms with Gasteiger partial charge in [-0.25, -0.2) is 4.98 Å². The monoisotopic (exact) mass is 728 g/mol. The normalized spacial score (nSPS) is 11.9. The third-order valence-electron chi connectivity index (χ3n) is 11.3. The molecule has 0 atom stereocenters. The maximum atomic E-state index is 5.21. The molecule has 0 aliphatic carbocycles. The lowest BCUT2D eigenvalue weighted by Gasteiger charge is -2.11.